The van der Waals surface area contributed by atoms with Crippen molar-refractivity contribution in [3.63, 3.8) is 0 Å². The summed E-state index contributed by atoms with van der Waals surface area (Å²) in [5, 5.41) is 10.9. The minimum Gasteiger partial charge on any atom is -0.506 e. The second-order valence-corrected chi connectivity index (χ2v) is 4.27. The predicted molar refractivity (Wildman–Crippen MR) is 65.8 cm³/mol. The van der Waals surface area contributed by atoms with Gasteiger partial charge in [0.15, 0.2) is 5.78 Å². The third-order valence-corrected chi connectivity index (χ3v) is 2.84. The summed E-state index contributed by atoms with van der Waals surface area (Å²) in [7, 11) is 0. The zero-order valence-corrected chi connectivity index (χ0v) is 9.95. The molecule has 0 amide bonds. The maximum Gasteiger partial charge on any atom is 0.166 e. The van der Waals surface area contributed by atoms with E-state index in [1.54, 1.807) is 18.2 Å². The van der Waals surface area contributed by atoms with Gasteiger partial charge in [-0.15, -0.1) is 0 Å². The molecule has 1 heterocycles. The molecule has 0 aliphatic carbocycles. The van der Waals surface area contributed by atoms with Crippen LogP contribution in [0.2, 0.25) is 5.02 Å². The number of ketones is 1. The Labute approximate surface area is 102 Å². The van der Waals surface area contributed by atoms with Crippen LogP contribution in [0.1, 0.15) is 17.3 Å². The van der Waals surface area contributed by atoms with E-state index in [1.165, 1.54) is 6.92 Å². The van der Waals surface area contributed by atoms with Crippen LogP contribution in [0.5, 0.6) is 5.75 Å². The molecule has 0 fully saturated rings. The number of nitrogens with one attached hydrogen (secondary N) is 1. The Kier molecular flexibility index (Phi) is 2.69. The van der Waals surface area contributed by atoms with Crippen LogP contribution in [0.3, 0.4) is 0 Å². The van der Waals surface area contributed by atoms with Crippen molar-refractivity contribution in [3.8, 4) is 5.75 Å². The summed E-state index contributed by atoms with van der Waals surface area (Å²) in [6.07, 6.45) is 0. The molecule has 0 unspecified atom stereocenters. The van der Waals surface area contributed by atoms with E-state index in [2.05, 4.69) is 4.98 Å². The number of fused-ring (bicyclic) bond motifs is 1. The first-order valence-electron chi connectivity index (χ1n) is 4.56. The summed E-state index contributed by atoms with van der Waals surface area (Å²) in [5.41, 5.74) is 0.779. The van der Waals surface area contributed by atoms with Crippen molar-refractivity contribution in [2.24, 2.45) is 0 Å². The Bertz CT molecular complexity index is 648. The maximum atomic E-state index is 11.3. The lowest BCUT2D eigenvalue weighted by atomic mass is 10.1. The molecule has 0 saturated heterocycles. The van der Waals surface area contributed by atoms with Crippen molar-refractivity contribution in [2.45, 2.75) is 6.92 Å². The number of aromatic hydroxyl groups is 1. The number of pyridine rings is 1. The van der Waals surface area contributed by atoms with Crippen LogP contribution >= 0.6 is 23.8 Å². The van der Waals surface area contributed by atoms with E-state index in [9.17, 15) is 9.90 Å². The molecule has 2 rings (SSSR count). The monoisotopic (exact) mass is 253 g/mol. The van der Waals surface area contributed by atoms with Gasteiger partial charge in [-0.1, -0.05) is 23.8 Å². The van der Waals surface area contributed by atoms with Crippen LogP contribution < -0.4 is 0 Å². The topological polar surface area (TPSA) is 53.1 Å². The summed E-state index contributed by atoms with van der Waals surface area (Å²) >= 11 is 10.8. The molecule has 16 heavy (non-hydrogen) atoms. The van der Waals surface area contributed by atoms with Crippen LogP contribution in [0.25, 0.3) is 10.9 Å². The number of rotatable bonds is 1. The highest BCUT2D eigenvalue weighted by atomic mass is 35.5. The lowest BCUT2D eigenvalue weighted by molar-refractivity contribution is 0.101. The molecule has 5 heteroatoms. The third kappa shape index (κ3) is 1.70. The van der Waals surface area contributed by atoms with Gasteiger partial charge < -0.3 is 10.1 Å². The zero-order valence-electron chi connectivity index (χ0n) is 8.37. The number of H-pyrrole nitrogens is 1. The number of Topliss-reactive ketones (excluding diaryl/α,β-unsaturated/α-hetero) is 1. The molecule has 2 N–H and O–H groups in total. The fourth-order valence-corrected chi connectivity index (χ4v) is 2.10. The minimum atomic E-state index is -0.277. The molecule has 0 bridgehead atoms. The number of carbonyl (C=O) groups excluding carboxylic acids is 1. The Morgan fingerprint density at radius 2 is 2.19 bits per heavy atom. The number of aromatic nitrogens is 1. The average Bonchev–Trinajstić information content (AvgIpc) is 2.19. The van der Waals surface area contributed by atoms with Gasteiger partial charge in [-0.05, 0) is 25.1 Å². The van der Waals surface area contributed by atoms with Gasteiger partial charge in [0.2, 0.25) is 0 Å². The first kappa shape index (κ1) is 11.1. The lowest BCUT2D eigenvalue weighted by Gasteiger charge is -2.06. The van der Waals surface area contributed by atoms with Crippen LogP contribution in [0.4, 0.5) is 0 Å². The molecule has 3 nitrogen and oxygen atoms in total. The van der Waals surface area contributed by atoms with Gasteiger partial charge in [0.25, 0.3) is 0 Å². The van der Waals surface area contributed by atoms with Gasteiger partial charge in [0.1, 0.15) is 10.4 Å². The summed E-state index contributed by atoms with van der Waals surface area (Å²) in [4.78, 5) is 14.2. The maximum absolute atomic E-state index is 11.3. The first-order chi connectivity index (χ1) is 7.50. The zero-order chi connectivity index (χ0) is 11.9. The lowest BCUT2D eigenvalue weighted by Crippen LogP contribution is -1.97. The summed E-state index contributed by atoms with van der Waals surface area (Å²) in [5.74, 6) is -0.394. The molecule has 0 spiro atoms. The molecular weight excluding hydrogens is 246 g/mol. The molecule has 2 aromatic rings. The molecule has 0 radical (unpaired) electrons. The Morgan fingerprint density at radius 1 is 1.50 bits per heavy atom. The standard InChI is InChI=1S/C11H8ClNO2S/c1-5(14)9-10(15)7-4-6(12)2-3-8(7)13-11(9)16/h2-4H,1H3,(H2,13,15,16). The van der Waals surface area contributed by atoms with E-state index >= 15 is 0 Å². The highest BCUT2D eigenvalue weighted by molar-refractivity contribution is 7.71. The summed E-state index contributed by atoms with van der Waals surface area (Å²) in [6, 6.07) is 4.98. The summed E-state index contributed by atoms with van der Waals surface area (Å²) in [6.45, 7) is 1.36. The molecule has 82 valence electrons. The van der Waals surface area contributed by atoms with E-state index in [0.717, 1.165) is 0 Å². The van der Waals surface area contributed by atoms with Gasteiger partial charge in [-0.3, -0.25) is 4.79 Å². The fourth-order valence-electron chi connectivity index (χ4n) is 1.58. The highest BCUT2D eigenvalue weighted by Gasteiger charge is 2.13. The third-order valence-electron chi connectivity index (χ3n) is 2.30. The number of benzene rings is 1. The number of hydrogen-bond donors (Lipinski definition) is 2. The average molecular weight is 254 g/mol. The second-order valence-electron chi connectivity index (χ2n) is 3.42. The van der Waals surface area contributed by atoms with Crippen molar-refractivity contribution in [1.29, 1.82) is 0 Å². The Hall–Kier alpha value is -1.39. The smallest absolute Gasteiger partial charge is 0.166 e. The Morgan fingerprint density at radius 3 is 2.81 bits per heavy atom. The van der Waals surface area contributed by atoms with Gasteiger partial charge in [-0.2, -0.15) is 0 Å². The quantitative estimate of drug-likeness (QED) is 0.605. The fraction of sp³-hybridized carbons (Fsp3) is 0.0909. The molecule has 1 aromatic heterocycles. The van der Waals surface area contributed by atoms with Crippen LogP contribution in [-0.2, 0) is 0 Å². The van der Waals surface area contributed by atoms with Gasteiger partial charge in [0.05, 0.1) is 11.1 Å². The van der Waals surface area contributed by atoms with Gasteiger partial charge >= 0.3 is 0 Å². The van der Waals surface area contributed by atoms with E-state index in [0.29, 0.717) is 15.9 Å². The van der Waals surface area contributed by atoms with Crippen LogP contribution in [0, 0.1) is 4.64 Å². The normalized spacial score (nSPS) is 10.6. The van der Waals surface area contributed by atoms with E-state index in [1.807, 2.05) is 0 Å². The predicted octanol–water partition coefficient (Wildman–Crippen LogP) is 3.46. The number of hydrogen-bond acceptors (Lipinski definition) is 3. The molecule has 0 atom stereocenters. The van der Waals surface area contributed by atoms with Crippen molar-refractivity contribution in [1.82, 2.24) is 4.98 Å². The minimum absolute atomic E-state index is 0.117. The van der Waals surface area contributed by atoms with E-state index in [4.69, 9.17) is 23.8 Å². The SMILES string of the molecule is CC(=O)c1c(O)c2cc(Cl)ccc2[nH]c1=S. The number of halogens is 1. The number of carbonyl (C=O) groups is 1. The largest absolute Gasteiger partial charge is 0.506 e. The molecule has 0 aliphatic heterocycles. The molecular formula is C11H8ClNO2S. The van der Waals surface area contributed by atoms with Crippen molar-refractivity contribution in [2.75, 3.05) is 0 Å². The Balaban J connectivity index is 2.96. The van der Waals surface area contributed by atoms with Crippen LogP contribution in [0.15, 0.2) is 18.2 Å². The van der Waals surface area contributed by atoms with E-state index < -0.39 is 0 Å². The van der Waals surface area contributed by atoms with E-state index in [-0.39, 0.29) is 21.7 Å². The molecule has 0 aliphatic rings. The number of aromatic amines is 1. The highest BCUT2D eigenvalue weighted by Crippen LogP contribution is 2.30. The van der Waals surface area contributed by atoms with Gasteiger partial charge in [-0.25, -0.2) is 0 Å². The van der Waals surface area contributed by atoms with Gasteiger partial charge in [0, 0.05) is 10.4 Å². The van der Waals surface area contributed by atoms with Crippen LogP contribution in [-0.4, -0.2) is 15.9 Å². The second kappa shape index (κ2) is 3.88. The molecule has 1 aromatic carbocycles. The first-order valence-corrected chi connectivity index (χ1v) is 5.35. The molecule has 0 saturated carbocycles. The van der Waals surface area contributed by atoms with Crippen molar-refractivity contribution < 1.29 is 9.90 Å². The van der Waals surface area contributed by atoms with Crippen molar-refractivity contribution >= 4 is 40.5 Å². The van der Waals surface area contributed by atoms with Crippen molar-refractivity contribution in [3.05, 3.63) is 33.4 Å². The summed E-state index contributed by atoms with van der Waals surface area (Å²) < 4.78 is 0.236.